The van der Waals surface area contributed by atoms with Crippen LogP contribution in [0, 0.1) is 19.8 Å². The van der Waals surface area contributed by atoms with Crippen molar-refractivity contribution in [3.63, 3.8) is 0 Å². The van der Waals surface area contributed by atoms with Crippen molar-refractivity contribution in [1.82, 2.24) is 10.3 Å². The Bertz CT molecular complexity index is 513. The van der Waals surface area contributed by atoms with Crippen LogP contribution in [0.1, 0.15) is 48.9 Å². The standard InChI is InChI=1S/C15H22N2O2/c1-10-7-11(2)17-15(19)13(10)9-16-14(18)8-12-5-3-4-6-12/h7,12H,3-6,8-9H2,1-2H3,(H,16,18)(H,17,19). The van der Waals surface area contributed by atoms with Gasteiger partial charge in [-0.3, -0.25) is 9.59 Å². The van der Waals surface area contributed by atoms with E-state index in [0.717, 1.165) is 24.1 Å². The smallest absolute Gasteiger partial charge is 0.253 e. The second kappa shape index (κ2) is 6.04. The summed E-state index contributed by atoms with van der Waals surface area (Å²) in [6, 6.07) is 1.93. The van der Waals surface area contributed by atoms with Crippen molar-refractivity contribution in [3.8, 4) is 0 Å². The molecular formula is C15H22N2O2. The number of pyridine rings is 1. The highest BCUT2D eigenvalue weighted by molar-refractivity contribution is 5.76. The molecule has 4 nitrogen and oxygen atoms in total. The summed E-state index contributed by atoms with van der Waals surface area (Å²) in [5, 5.41) is 2.87. The number of hydrogen-bond donors (Lipinski definition) is 2. The molecule has 1 saturated carbocycles. The third-order valence-corrected chi connectivity index (χ3v) is 3.90. The SMILES string of the molecule is Cc1cc(C)c(CNC(=O)CC2CCCC2)c(=O)[nH]1. The zero-order chi connectivity index (χ0) is 13.8. The summed E-state index contributed by atoms with van der Waals surface area (Å²) in [4.78, 5) is 26.4. The first-order valence-corrected chi connectivity index (χ1v) is 7.02. The van der Waals surface area contributed by atoms with Gasteiger partial charge in [0.2, 0.25) is 5.91 Å². The summed E-state index contributed by atoms with van der Waals surface area (Å²) in [6.07, 6.45) is 5.42. The Labute approximate surface area is 113 Å². The lowest BCUT2D eigenvalue weighted by molar-refractivity contribution is -0.122. The van der Waals surface area contributed by atoms with Crippen molar-refractivity contribution >= 4 is 5.91 Å². The molecule has 1 fully saturated rings. The van der Waals surface area contributed by atoms with Crippen LogP contribution in [0.2, 0.25) is 0 Å². The monoisotopic (exact) mass is 262 g/mol. The van der Waals surface area contributed by atoms with Gasteiger partial charge in [-0.2, -0.15) is 0 Å². The number of aromatic nitrogens is 1. The highest BCUT2D eigenvalue weighted by Gasteiger charge is 2.18. The maximum Gasteiger partial charge on any atom is 0.253 e. The van der Waals surface area contributed by atoms with Crippen molar-refractivity contribution < 1.29 is 4.79 Å². The van der Waals surface area contributed by atoms with Gasteiger partial charge >= 0.3 is 0 Å². The summed E-state index contributed by atoms with van der Waals surface area (Å²) >= 11 is 0. The van der Waals surface area contributed by atoms with Crippen molar-refractivity contribution in [2.24, 2.45) is 5.92 Å². The molecule has 1 aromatic rings. The fraction of sp³-hybridized carbons (Fsp3) is 0.600. The molecule has 0 radical (unpaired) electrons. The molecule has 0 spiro atoms. The number of amides is 1. The molecule has 2 rings (SSSR count). The van der Waals surface area contributed by atoms with E-state index in [2.05, 4.69) is 10.3 Å². The lowest BCUT2D eigenvalue weighted by atomic mass is 10.0. The molecule has 1 aliphatic rings. The largest absolute Gasteiger partial charge is 0.352 e. The maximum atomic E-state index is 11.8. The Morgan fingerprint density at radius 1 is 1.37 bits per heavy atom. The van der Waals surface area contributed by atoms with Crippen LogP contribution in [0.3, 0.4) is 0 Å². The molecule has 19 heavy (non-hydrogen) atoms. The van der Waals surface area contributed by atoms with E-state index in [-0.39, 0.29) is 11.5 Å². The average molecular weight is 262 g/mol. The van der Waals surface area contributed by atoms with E-state index < -0.39 is 0 Å². The minimum Gasteiger partial charge on any atom is -0.352 e. The third kappa shape index (κ3) is 3.69. The van der Waals surface area contributed by atoms with E-state index >= 15 is 0 Å². The van der Waals surface area contributed by atoms with Gasteiger partial charge in [0.25, 0.3) is 5.56 Å². The minimum atomic E-state index is -0.0985. The van der Waals surface area contributed by atoms with Gasteiger partial charge in [-0.25, -0.2) is 0 Å². The van der Waals surface area contributed by atoms with Gasteiger partial charge in [0.05, 0.1) is 0 Å². The highest BCUT2D eigenvalue weighted by atomic mass is 16.1. The molecule has 0 aromatic carbocycles. The number of rotatable bonds is 4. The Morgan fingerprint density at radius 3 is 2.68 bits per heavy atom. The van der Waals surface area contributed by atoms with E-state index in [1.54, 1.807) is 0 Å². The van der Waals surface area contributed by atoms with Crippen LogP contribution in [-0.4, -0.2) is 10.9 Å². The van der Waals surface area contributed by atoms with Crippen LogP contribution in [0.5, 0.6) is 0 Å². The van der Waals surface area contributed by atoms with E-state index in [9.17, 15) is 9.59 Å². The molecule has 2 N–H and O–H groups in total. The van der Waals surface area contributed by atoms with Crippen LogP contribution < -0.4 is 10.9 Å². The molecule has 4 heteroatoms. The first-order valence-electron chi connectivity index (χ1n) is 7.02. The molecule has 1 aromatic heterocycles. The molecule has 1 aliphatic carbocycles. The number of aryl methyl sites for hydroxylation is 2. The van der Waals surface area contributed by atoms with Crippen LogP contribution in [0.25, 0.3) is 0 Å². The molecule has 1 heterocycles. The minimum absolute atomic E-state index is 0.0614. The predicted octanol–water partition coefficient (Wildman–Crippen LogP) is 2.19. The number of hydrogen-bond acceptors (Lipinski definition) is 2. The van der Waals surface area contributed by atoms with Crippen LogP contribution in [0.4, 0.5) is 0 Å². The van der Waals surface area contributed by atoms with E-state index in [1.807, 2.05) is 19.9 Å². The zero-order valence-corrected chi connectivity index (χ0v) is 11.7. The predicted molar refractivity (Wildman–Crippen MR) is 75.0 cm³/mol. The van der Waals surface area contributed by atoms with Crippen molar-refractivity contribution in [3.05, 3.63) is 33.2 Å². The molecule has 0 atom stereocenters. The number of aromatic amines is 1. The highest BCUT2D eigenvalue weighted by Crippen LogP contribution is 2.27. The van der Waals surface area contributed by atoms with E-state index in [1.165, 1.54) is 12.8 Å². The van der Waals surface area contributed by atoms with Gasteiger partial charge in [-0.15, -0.1) is 0 Å². The molecule has 0 aliphatic heterocycles. The molecule has 0 saturated heterocycles. The second-order valence-electron chi connectivity index (χ2n) is 5.57. The second-order valence-corrected chi connectivity index (χ2v) is 5.57. The average Bonchev–Trinajstić information content (AvgIpc) is 2.80. The summed E-state index contributed by atoms with van der Waals surface area (Å²) in [7, 11) is 0. The quantitative estimate of drug-likeness (QED) is 0.873. The number of carbonyl (C=O) groups is 1. The molecule has 0 unspecified atom stereocenters. The van der Waals surface area contributed by atoms with Crippen molar-refractivity contribution in [2.75, 3.05) is 0 Å². The summed E-state index contributed by atoms with van der Waals surface area (Å²) in [5.41, 5.74) is 2.34. The van der Waals surface area contributed by atoms with Crippen molar-refractivity contribution in [2.45, 2.75) is 52.5 Å². The van der Waals surface area contributed by atoms with Crippen molar-refractivity contribution in [1.29, 1.82) is 0 Å². The van der Waals surface area contributed by atoms with E-state index in [0.29, 0.717) is 24.4 Å². The third-order valence-electron chi connectivity index (χ3n) is 3.90. The van der Waals surface area contributed by atoms with Crippen LogP contribution in [0.15, 0.2) is 10.9 Å². The lowest BCUT2D eigenvalue weighted by Gasteiger charge is -2.10. The van der Waals surface area contributed by atoms with Crippen LogP contribution in [-0.2, 0) is 11.3 Å². The van der Waals surface area contributed by atoms with Crippen LogP contribution >= 0.6 is 0 Å². The first kappa shape index (κ1) is 13.8. The van der Waals surface area contributed by atoms with Gasteiger partial charge in [0.15, 0.2) is 0 Å². The topological polar surface area (TPSA) is 62.0 Å². The first-order chi connectivity index (χ1) is 9.06. The van der Waals surface area contributed by atoms with Gasteiger partial charge < -0.3 is 10.3 Å². The fourth-order valence-electron chi connectivity index (χ4n) is 2.84. The summed E-state index contributed by atoms with van der Waals surface area (Å²) < 4.78 is 0. The zero-order valence-electron chi connectivity index (χ0n) is 11.7. The van der Waals surface area contributed by atoms with E-state index in [4.69, 9.17) is 0 Å². The summed E-state index contributed by atoms with van der Waals surface area (Å²) in [5.74, 6) is 0.601. The molecule has 1 amide bonds. The number of carbonyl (C=O) groups excluding carboxylic acids is 1. The Morgan fingerprint density at radius 2 is 2.05 bits per heavy atom. The maximum absolute atomic E-state index is 11.8. The molecule has 0 bridgehead atoms. The molecular weight excluding hydrogens is 240 g/mol. The Kier molecular flexibility index (Phi) is 4.40. The van der Waals surface area contributed by atoms with Gasteiger partial charge in [0, 0.05) is 24.2 Å². The summed E-state index contributed by atoms with van der Waals surface area (Å²) in [6.45, 7) is 4.09. The Balaban J connectivity index is 1.91. The fourth-order valence-corrected chi connectivity index (χ4v) is 2.84. The van der Waals surface area contributed by atoms with Gasteiger partial charge in [-0.05, 0) is 44.2 Å². The Hall–Kier alpha value is -1.58. The van der Waals surface area contributed by atoms with Gasteiger partial charge in [-0.1, -0.05) is 12.8 Å². The lowest BCUT2D eigenvalue weighted by Crippen LogP contribution is -2.28. The number of nitrogens with one attached hydrogen (secondary N) is 2. The molecule has 104 valence electrons. The van der Waals surface area contributed by atoms with Gasteiger partial charge in [0.1, 0.15) is 0 Å². The normalized spacial score (nSPS) is 15.7. The number of H-pyrrole nitrogens is 1.